The lowest BCUT2D eigenvalue weighted by Gasteiger charge is -2.36. The van der Waals surface area contributed by atoms with Gasteiger partial charge in [0.15, 0.2) is 5.82 Å². The third-order valence-electron chi connectivity index (χ3n) is 6.39. The van der Waals surface area contributed by atoms with Crippen LogP contribution >= 0.6 is 0 Å². The number of anilines is 1. The topological polar surface area (TPSA) is 69.6 Å². The van der Waals surface area contributed by atoms with Crippen LogP contribution < -0.4 is 4.90 Å². The molecule has 0 saturated carbocycles. The van der Waals surface area contributed by atoms with Crippen LogP contribution in [0, 0.1) is 12.8 Å². The molecular weight excluding hydrogens is 402 g/mol. The first-order valence-corrected chi connectivity index (χ1v) is 11.2. The van der Waals surface area contributed by atoms with Gasteiger partial charge in [-0.1, -0.05) is 42.5 Å². The fourth-order valence-corrected chi connectivity index (χ4v) is 4.67. The zero-order chi connectivity index (χ0) is 22.1. The number of rotatable bonds is 4. The molecule has 3 heterocycles. The Hall–Kier alpha value is -3.48. The highest BCUT2D eigenvalue weighted by Crippen LogP contribution is 2.25. The summed E-state index contributed by atoms with van der Waals surface area (Å²) < 4.78 is 0. The molecule has 2 aromatic carbocycles. The predicted octanol–water partition coefficient (Wildman–Crippen LogP) is 2.64. The van der Waals surface area contributed by atoms with E-state index in [4.69, 9.17) is 9.97 Å². The third kappa shape index (κ3) is 4.02. The van der Waals surface area contributed by atoms with E-state index in [1.165, 1.54) is 0 Å². The molecule has 5 rings (SSSR count). The van der Waals surface area contributed by atoms with Crippen LogP contribution in [0.15, 0.2) is 54.6 Å². The third-order valence-corrected chi connectivity index (χ3v) is 6.39. The van der Waals surface area contributed by atoms with E-state index in [0.717, 1.165) is 28.1 Å². The summed E-state index contributed by atoms with van der Waals surface area (Å²) in [4.78, 5) is 41.0. The number of hydrogen-bond donors (Lipinski definition) is 0. The molecule has 164 valence electrons. The zero-order valence-corrected chi connectivity index (χ0v) is 18.3. The maximum Gasteiger partial charge on any atom is 0.228 e. The number of aromatic nitrogens is 2. The van der Waals surface area contributed by atoms with Crippen LogP contribution in [0.1, 0.15) is 17.7 Å². The summed E-state index contributed by atoms with van der Waals surface area (Å²) in [6.45, 7) is 5.76. The van der Waals surface area contributed by atoms with E-state index in [2.05, 4.69) is 4.90 Å². The van der Waals surface area contributed by atoms with Crippen LogP contribution in [0.2, 0.25) is 0 Å². The van der Waals surface area contributed by atoms with Gasteiger partial charge in [-0.25, -0.2) is 9.97 Å². The Kier molecular flexibility index (Phi) is 5.47. The molecule has 0 spiro atoms. The molecule has 2 amide bonds. The minimum absolute atomic E-state index is 0.0629. The predicted molar refractivity (Wildman–Crippen MR) is 123 cm³/mol. The molecule has 2 aliphatic rings. The van der Waals surface area contributed by atoms with Crippen molar-refractivity contribution in [1.82, 2.24) is 19.8 Å². The van der Waals surface area contributed by atoms with Crippen molar-refractivity contribution >= 4 is 28.7 Å². The van der Waals surface area contributed by atoms with Gasteiger partial charge in [0.2, 0.25) is 11.8 Å². The highest BCUT2D eigenvalue weighted by atomic mass is 16.2. The summed E-state index contributed by atoms with van der Waals surface area (Å²) >= 11 is 0. The Bertz CT molecular complexity index is 1140. The van der Waals surface area contributed by atoms with Crippen molar-refractivity contribution in [3.63, 3.8) is 0 Å². The standard InChI is InChI=1S/C25H27N5O2/c1-18-24(27-22-10-6-5-9-21(22)26-18)28-11-13-29(14-12-28)25(32)20-15-23(31)30(17-20)16-19-7-3-2-4-8-19/h2-10,20H,11-17H2,1H3. The lowest BCUT2D eigenvalue weighted by molar-refractivity contribution is -0.136. The van der Waals surface area contributed by atoms with Gasteiger partial charge in [-0.15, -0.1) is 0 Å². The highest BCUT2D eigenvalue weighted by molar-refractivity contribution is 5.89. The number of nitrogens with zero attached hydrogens (tertiary/aromatic N) is 5. The summed E-state index contributed by atoms with van der Waals surface area (Å²) in [7, 11) is 0. The highest BCUT2D eigenvalue weighted by Gasteiger charge is 2.37. The fourth-order valence-electron chi connectivity index (χ4n) is 4.67. The van der Waals surface area contributed by atoms with Crippen LogP contribution in [0.3, 0.4) is 0 Å². The van der Waals surface area contributed by atoms with Gasteiger partial charge in [0.25, 0.3) is 0 Å². The Morgan fingerprint density at radius 1 is 0.938 bits per heavy atom. The van der Waals surface area contributed by atoms with Gasteiger partial charge in [0.05, 0.1) is 22.6 Å². The van der Waals surface area contributed by atoms with Crippen LogP contribution in [0.4, 0.5) is 5.82 Å². The summed E-state index contributed by atoms with van der Waals surface area (Å²) in [6, 6.07) is 17.8. The smallest absolute Gasteiger partial charge is 0.228 e. The summed E-state index contributed by atoms with van der Waals surface area (Å²) in [6.07, 6.45) is 0.307. The van der Waals surface area contributed by atoms with Gasteiger partial charge in [-0.2, -0.15) is 0 Å². The number of aryl methyl sites for hydroxylation is 1. The molecule has 0 N–H and O–H groups in total. The molecule has 32 heavy (non-hydrogen) atoms. The maximum absolute atomic E-state index is 13.1. The Morgan fingerprint density at radius 2 is 1.59 bits per heavy atom. The zero-order valence-electron chi connectivity index (χ0n) is 18.3. The van der Waals surface area contributed by atoms with Crippen molar-refractivity contribution in [3.8, 4) is 0 Å². The van der Waals surface area contributed by atoms with Crippen LogP contribution in [-0.4, -0.2) is 64.3 Å². The molecule has 1 unspecified atom stereocenters. The molecule has 1 atom stereocenters. The average Bonchev–Trinajstić information content (AvgIpc) is 3.19. The molecule has 2 aliphatic heterocycles. The number of amides is 2. The number of likely N-dealkylation sites (tertiary alicyclic amines) is 1. The number of fused-ring (bicyclic) bond motifs is 1. The number of hydrogen-bond acceptors (Lipinski definition) is 5. The van der Waals surface area contributed by atoms with Crippen LogP contribution in [-0.2, 0) is 16.1 Å². The van der Waals surface area contributed by atoms with Crippen molar-refractivity contribution in [1.29, 1.82) is 0 Å². The first kappa shape index (κ1) is 20.4. The van der Waals surface area contributed by atoms with Crippen molar-refractivity contribution in [2.24, 2.45) is 5.92 Å². The average molecular weight is 430 g/mol. The van der Waals surface area contributed by atoms with E-state index in [1.807, 2.05) is 71.3 Å². The Labute approximate surface area is 187 Å². The van der Waals surface area contributed by atoms with Crippen molar-refractivity contribution in [2.45, 2.75) is 19.9 Å². The number of carbonyl (C=O) groups is 2. The quantitative estimate of drug-likeness (QED) is 0.638. The van der Waals surface area contributed by atoms with Crippen molar-refractivity contribution < 1.29 is 9.59 Å². The number of piperazine rings is 1. The van der Waals surface area contributed by atoms with E-state index >= 15 is 0 Å². The lowest BCUT2D eigenvalue weighted by atomic mass is 10.1. The molecule has 0 bridgehead atoms. The summed E-state index contributed by atoms with van der Waals surface area (Å²) in [5, 5.41) is 0. The molecule has 2 fully saturated rings. The van der Waals surface area contributed by atoms with E-state index in [1.54, 1.807) is 0 Å². The van der Waals surface area contributed by atoms with Crippen LogP contribution in [0.25, 0.3) is 11.0 Å². The van der Waals surface area contributed by atoms with E-state index in [9.17, 15) is 9.59 Å². The monoisotopic (exact) mass is 429 g/mol. The van der Waals surface area contributed by atoms with Gasteiger partial charge in [0, 0.05) is 45.7 Å². The van der Waals surface area contributed by atoms with E-state index in [-0.39, 0.29) is 17.7 Å². The molecular formula is C25H27N5O2. The van der Waals surface area contributed by atoms with Crippen molar-refractivity contribution in [3.05, 3.63) is 65.9 Å². The Morgan fingerprint density at radius 3 is 2.31 bits per heavy atom. The minimum atomic E-state index is -0.250. The summed E-state index contributed by atoms with van der Waals surface area (Å²) in [5.74, 6) is 0.795. The second kappa shape index (κ2) is 8.57. The van der Waals surface area contributed by atoms with Gasteiger partial charge in [-0.05, 0) is 24.6 Å². The second-order valence-electron chi connectivity index (χ2n) is 8.59. The van der Waals surface area contributed by atoms with Crippen LogP contribution in [0.5, 0.6) is 0 Å². The normalized spacial score (nSPS) is 19.1. The number of carbonyl (C=O) groups excluding carboxylic acids is 2. The van der Waals surface area contributed by atoms with Crippen molar-refractivity contribution in [2.75, 3.05) is 37.6 Å². The van der Waals surface area contributed by atoms with E-state index < -0.39 is 0 Å². The Balaban J connectivity index is 1.21. The first-order valence-electron chi connectivity index (χ1n) is 11.2. The SMILES string of the molecule is Cc1nc2ccccc2nc1N1CCN(C(=O)C2CC(=O)N(Cc3ccccc3)C2)CC1. The molecule has 1 aromatic heterocycles. The minimum Gasteiger partial charge on any atom is -0.352 e. The fraction of sp³-hybridized carbons (Fsp3) is 0.360. The maximum atomic E-state index is 13.1. The molecule has 2 saturated heterocycles. The largest absolute Gasteiger partial charge is 0.352 e. The number of para-hydroxylation sites is 2. The summed E-state index contributed by atoms with van der Waals surface area (Å²) in [5.41, 5.74) is 3.78. The van der Waals surface area contributed by atoms with Gasteiger partial charge >= 0.3 is 0 Å². The molecule has 0 aliphatic carbocycles. The van der Waals surface area contributed by atoms with E-state index in [0.29, 0.717) is 45.7 Å². The molecule has 3 aromatic rings. The number of benzene rings is 2. The second-order valence-corrected chi connectivity index (χ2v) is 8.59. The van der Waals surface area contributed by atoms with Gasteiger partial charge in [-0.3, -0.25) is 9.59 Å². The molecule has 7 heteroatoms. The van der Waals surface area contributed by atoms with Gasteiger partial charge in [0.1, 0.15) is 0 Å². The first-order chi connectivity index (χ1) is 15.6. The lowest BCUT2D eigenvalue weighted by Crippen LogP contribution is -2.51. The van der Waals surface area contributed by atoms with Gasteiger partial charge < -0.3 is 14.7 Å². The molecule has 7 nitrogen and oxygen atoms in total. The molecule has 0 radical (unpaired) electrons.